The van der Waals surface area contributed by atoms with Gasteiger partial charge >= 0.3 is 0 Å². The molecule has 2 atom stereocenters. The van der Waals surface area contributed by atoms with E-state index in [1.165, 1.54) is 36.1 Å². The van der Waals surface area contributed by atoms with E-state index in [0.717, 1.165) is 19.6 Å². The van der Waals surface area contributed by atoms with Gasteiger partial charge in [0.05, 0.1) is 12.8 Å². The number of ether oxygens (including phenoxy) is 1. The lowest BCUT2D eigenvalue weighted by molar-refractivity contribution is 0.0749. The minimum absolute atomic E-state index is 0.476. The number of hydrogen-bond acceptors (Lipinski definition) is 4. The molecule has 1 aromatic heterocycles. The van der Waals surface area contributed by atoms with Crippen molar-refractivity contribution in [1.82, 2.24) is 19.6 Å². The predicted molar refractivity (Wildman–Crippen MR) is 109 cm³/mol. The van der Waals surface area contributed by atoms with Crippen LogP contribution in [-0.2, 0) is 24.9 Å². The number of likely N-dealkylation sites (tertiary alicyclic amines) is 1. The highest BCUT2D eigenvalue weighted by Crippen LogP contribution is 2.36. The van der Waals surface area contributed by atoms with E-state index in [1.807, 2.05) is 11.7 Å². The second kappa shape index (κ2) is 9.49. The third kappa shape index (κ3) is 5.18. The average Bonchev–Trinajstić information content (AvgIpc) is 3.09. The lowest BCUT2D eigenvalue weighted by Crippen LogP contribution is -2.42. The van der Waals surface area contributed by atoms with Gasteiger partial charge in [0.2, 0.25) is 0 Å². The molecule has 0 N–H and O–H groups in total. The molecule has 1 aromatic carbocycles. The number of aromatic nitrogens is 2. The van der Waals surface area contributed by atoms with Gasteiger partial charge in [0.15, 0.2) is 0 Å². The van der Waals surface area contributed by atoms with Crippen molar-refractivity contribution in [2.75, 3.05) is 33.8 Å². The van der Waals surface area contributed by atoms with Crippen molar-refractivity contribution in [3.63, 3.8) is 0 Å². The first-order valence-corrected chi connectivity index (χ1v) is 10.1. The summed E-state index contributed by atoms with van der Waals surface area (Å²) in [7, 11) is 6.00. The predicted octanol–water partition coefficient (Wildman–Crippen LogP) is 3.47. The van der Waals surface area contributed by atoms with Crippen LogP contribution in [0.2, 0.25) is 0 Å². The Balaban J connectivity index is 1.66. The van der Waals surface area contributed by atoms with Crippen molar-refractivity contribution in [2.45, 2.75) is 39.0 Å². The van der Waals surface area contributed by atoms with Crippen LogP contribution in [0.5, 0.6) is 0 Å². The summed E-state index contributed by atoms with van der Waals surface area (Å²) in [5.41, 5.74) is 3.95. The Morgan fingerprint density at radius 2 is 1.96 bits per heavy atom. The maximum absolute atomic E-state index is 5.20. The minimum atomic E-state index is 0.476. The molecular formula is C22H34N4O. The summed E-state index contributed by atoms with van der Waals surface area (Å²) in [6, 6.07) is 9.27. The molecule has 1 saturated heterocycles. The first kappa shape index (κ1) is 20.1. The van der Waals surface area contributed by atoms with Crippen molar-refractivity contribution in [1.29, 1.82) is 0 Å². The number of nitrogens with zero attached hydrogens (tertiary/aromatic N) is 4. The Bertz CT molecular complexity index is 697. The maximum Gasteiger partial charge on any atom is 0.0713 e. The molecule has 1 aliphatic heterocycles. The lowest BCUT2D eigenvalue weighted by Gasteiger charge is -2.42. The fraction of sp³-hybridized carbons (Fsp3) is 0.591. The van der Waals surface area contributed by atoms with E-state index < -0.39 is 0 Å². The quantitative estimate of drug-likeness (QED) is 0.712. The van der Waals surface area contributed by atoms with Gasteiger partial charge in [0.25, 0.3) is 0 Å². The highest BCUT2D eigenvalue weighted by atomic mass is 16.5. The summed E-state index contributed by atoms with van der Waals surface area (Å²) in [6.45, 7) is 7.33. The SMILES string of the molecule is CCN1CCC[C@@H](CN(C)Cc2ccc(COC)cc2)[C@@H]1c1cnn(C)c1. The van der Waals surface area contributed by atoms with Crippen LogP contribution in [-0.4, -0.2) is 53.4 Å². The van der Waals surface area contributed by atoms with Crippen LogP contribution in [0.3, 0.4) is 0 Å². The Labute approximate surface area is 163 Å². The summed E-state index contributed by atoms with van der Waals surface area (Å²) in [5.74, 6) is 0.640. The Morgan fingerprint density at radius 3 is 2.59 bits per heavy atom. The highest BCUT2D eigenvalue weighted by Gasteiger charge is 2.33. The molecule has 5 nitrogen and oxygen atoms in total. The van der Waals surface area contributed by atoms with Gasteiger partial charge in [-0.2, -0.15) is 5.10 Å². The highest BCUT2D eigenvalue weighted by molar-refractivity contribution is 5.22. The second-order valence-corrected chi connectivity index (χ2v) is 7.87. The zero-order valence-corrected chi connectivity index (χ0v) is 17.3. The second-order valence-electron chi connectivity index (χ2n) is 7.87. The molecule has 0 bridgehead atoms. The van der Waals surface area contributed by atoms with E-state index in [0.29, 0.717) is 18.6 Å². The van der Waals surface area contributed by atoms with Crippen LogP contribution in [0.4, 0.5) is 0 Å². The molecule has 2 aromatic rings. The summed E-state index contributed by atoms with van der Waals surface area (Å²) in [5, 5.41) is 4.43. The Kier molecular flexibility index (Phi) is 7.05. The molecule has 2 heterocycles. The van der Waals surface area contributed by atoms with Gasteiger partial charge < -0.3 is 9.64 Å². The van der Waals surface area contributed by atoms with E-state index in [1.54, 1.807) is 7.11 Å². The number of aryl methyl sites for hydroxylation is 1. The molecule has 1 fully saturated rings. The zero-order valence-electron chi connectivity index (χ0n) is 17.3. The lowest BCUT2D eigenvalue weighted by atomic mass is 9.85. The van der Waals surface area contributed by atoms with Crippen molar-refractivity contribution in [2.24, 2.45) is 13.0 Å². The zero-order chi connectivity index (χ0) is 19.2. The van der Waals surface area contributed by atoms with Crippen molar-refractivity contribution in [3.05, 3.63) is 53.3 Å². The molecule has 0 radical (unpaired) electrons. The molecule has 0 unspecified atom stereocenters. The van der Waals surface area contributed by atoms with Gasteiger partial charge in [0.1, 0.15) is 0 Å². The van der Waals surface area contributed by atoms with Gasteiger partial charge in [-0.25, -0.2) is 0 Å². The summed E-state index contributed by atoms with van der Waals surface area (Å²) >= 11 is 0. The molecule has 5 heteroatoms. The number of benzene rings is 1. The third-order valence-corrected chi connectivity index (χ3v) is 5.67. The Morgan fingerprint density at radius 1 is 1.22 bits per heavy atom. The standard InChI is InChI=1S/C22H34N4O/c1-5-26-12-6-7-20(22(26)21-13-23-25(3)16-21)15-24(2)14-18-8-10-19(11-9-18)17-27-4/h8-11,13,16,20,22H,5-7,12,14-15,17H2,1-4H3/t20-,22+/m0/s1. The fourth-order valence-electron chi connectivity index (χ4n) is 4.46. The topological polar surface area (TPSA) is 33.5 Å². The van der Waals surface area contributed by atoms with Crippen LogP contribution in [0.1, 0.15) is 42.5 Å². The van der Waals surface area contributed by atoms with E-state index in [4.69, 9.17) is 4.74 Å². The monoisotopic (exact) mass is 370 g/mol. The molecule has 27 heavy (non-hydrogen) atoms. The largest absolute Gasteiger partial charge is 0.380 e. The average molecular weight is 371 g/mol. The van der Waals surface area contributed by atoms with Gasteiger partial charge in [-0.05, 0) is 50.0 Å². The first-order valence-electron chi connectivity index (χ1n) is 10.1. The maximum atomic E-state index is 5.20. The van der Waals surface area contributed by atoms with E-state index >= 15 is 0 Å². The summed E-state index contributed by atoms with van der Waals surface area (Å²) < 4.78 is 7.13. The van der Waals surface area contributed by atoms with Gasteiger partial charge in [0, 0.05) is 45.0 Å². The number of rotatable bonds is 8. The smallest absolute Gasteiger partial charge is 0.0713 e. The van der Waals surface area contributed by atoms with Gasteiger partial charge in [-0.1, -0.05) is 31.2 Å². The molecule has 0 aliphatic carbocycles. The van der Waals surface area contributed by atoms with E-state index in [9.17, 15) is 0 Å². The molecule has 0 spiro atoms. The van der Waals surface area contributed by atoms with Crippen LogP contribution in [0, 0.1) is 5.92 Å². The summed E-state index contributed by atoms with van der Waals surface area (Å²) in [4.78, 5) is 5.09. The van der Waals surface area contributed by atoms with Crippen molar-refractivity contribution in [3.8, 4) is 0 Å². The number of methoxy groups -OCH3 is 1. The molecule has 0 amide bonds. The number of piperidine rings is 1. The fourth-order valence-corrected chi connectivity index (χ4v) is 4.46. The number of hydrogen-bond donors (Lipinski definition) is 0. The molecule has 148 valence electrons. The molecule has 1 aliphatic rings. The van der Waals surface area contributed by atoms with Crippen LogP contribution < -0.4 is 0 Å². The summed E-state index contributed by atoms with van der Waals surface area (Å²) in [6.07, 6.45) is 6.82. The first-order chi connectivity index (χ1) is 13.1. The van der Waals surface area contributed by atoms with Crippen molar-refractivity contribution < 1.29 is 4.74 Å². The van der Waals surface area contributed by atoms with Crippen LogP contribution in [0.15, 0.2) is 36.7 Å². The molecule has 0 saturated carbocycles. The van der Waals surface area contributed by atoms with E-state index in [-0.39, 0.29) is 0 Å². The van der Waals surface area contributed by atoms with Crippen LogP contribution >= 0.6 is 0 Å². The van der Waals surface area contributed by atoms with Crippen molar-refractivity contribution >= 4 is 0 Å². The normalized spacial score (nSPS) is 21.1. The third-order valence-electron chi connectivity index (χ3n) is 5.67. The van der Waals surface area contributed by atoms with Gasteiger partial charge in [-0.15, -0.1) is 0 Å². The van der Waals surface area contributed by atoms with E-state index in [2.05, 4.69) is 65.5 Å². The van der Waals surface area contributed by atoms with Crippen LogP contribution in [0.25, 0.3) is 0 Å². The Hall–Kier alpha value is -1.69. The minimum Gasteiger partial charge on any atom is -0.380 e. The van der Waals surface area contributed by atoms with Gasteiger partial charge in [-0.3, -0.25) is 9.58 Å². The molecular weight excluding hydrogens is 336 g/mol. The molecule has 3 rings (SSSR count).